The van der Waals surface area contributed by atoms with Crippen LogP contribution in [-0.4, -0.2) is 60.4 Å². The number of carbonyl (C=O) groups is 2. The van der Waals surface area contributed by atoms with Gasteiger partial charge < -0.3 is 10.2 Å². The molecule has 1 saturated carbocycles. The molecule has 7 heteroatoms. The van der Waals surface area contributed by atoms with Gasteiger partial charge in [-0.1, -0.05) is 15.9 Å². The monoisotopic (exact) mass is 383 g/mol. The number of piperazine rings is 1. The van der Waals surface area contributed by atoms with E-state index in [1.54, 1.807) is 11.0 Å². The Bertz CT molecular complexity index is 613. The molecular formula is C16H19BrFN3O2. The molecule has 0 atom stereocenters. The number of nitrogens with one attached hydrogen (secondary N) is 1. The van der Waals surface area contributed by atoms with Gasteiger partial charge in [0.25, 0.3) is 5.91 Å². The minimum atomic E-state index is -0.510. The average molecular weight is 384 g/mol. The quantitative estimate of drug-likeness (QED) is 0.859. The maximum absolute atomic E-state index is 13.8. The first-order valence-electron chi connectivity index (χ1n) is 7.79. The van der Waals surface area contributed by atoms with Crippen molar-refractivity contribution >= 4 is 27.7 Å². The summed E-state index contributed by atoms with van der Waals surface area (Å²) in [4.78, 5) is 27.9. The second-order valence-electron chi connectivity index (χ2n) is 6.03. The SMILES string of the molecule is O=C(CN1CCN(C(=O)c2cc(Br)ccc2F)CC1)NC1CC1. The van der Waals surface area contributed by atoms with E-state index < -0.39 is 5.82 Å². The van der Waals surface area contributed by atoms with Crippen LogP contribution < -0.4 is 5.32 Å². The van der Waals surface area contributed by atoms with Crippen molar-refractivity contribution in [3.05, 3.63) is 34.1 Å². The number of amides is 2. The van der Waals surface area contributed by atoms with Crippen LogP contribution in [0.1, 0.15) is 23.2 Å². The molecule has 1 saturated heterocycles. The molecule has 2 fully saturated rings. The third-order valence-corrected chi connectivity index (χ3v) is 4.62. The predicted molar refractivity (Wildman–Crippen MR) is 87.6 cm³/mol. The molecule has 1 aliphatic heterocycles. The standard InChI is InChI=1S/C16H19BrFN3O2/c17-11-1-4-14(18)13(9-11)16(23)21-7-5-20(6-8-21)10-15(22)19-12-2-3-12/h1,4,9,12H,2-3,5-8,10H2,(H,19,22). The fraction of sp³-hybridized carbons (Fsp3) is 0.500. The third-order valence-electron chi connectivity index (χ3n) is 4.13. The highest BCUT2D eigenvalue weighted by atomic mass is 79.9. The minimum absolute atomic E-state index is 0.0466. The van der Waals surface area contributed by atoms with Crippen LogP contribution in [0, 0.1) is 5.82 Å². The van der Waals surface area contributed by atoms with E-state index in [9.17, 15) is 14.0 Å². The van der Waals surface area contributed by atoms with Crippen LogP contribution in [0.4, 0.5) is 4.39 Å². The summed E-state index contributed by atoms with van der Waals surface area (Å²) in [7, 11) is 0. The van der Waals surface area contributed by atoms with Gasteiger partial charge >= 0.3 is 0 Å². The van der Waals surface area contributed by atoms with Crippen LogP contribution in [0.15, 0.2) is 22.7 Å². The number of hydrogen-bond acceptors (Lipinski definition) is 3. The first-order chi connectivity index (χ1) is 11.0. The molecule has 2 aliphatic rings. The molecule has 0 bridgehead atoms. The Hall–Kier alpha value is -1.47. The van der Waals surface area contributed by atoms with Crippen LogP contribution >= 0.6 is 15.9 Å². The van der Waals surface area contributed by atoms with E-state index in [0.717, 1.165) is 12.8 Å². The summed E-state index contributed by atoms with van der Waals surface area (Å²) in [5.41, 5.74) is 0.0827. The zero-order valence-corrected chi connectivity index (χ0v) is 14.3. The molecule has 0 unspecified atom stereocenters. The number of benzene rings is 1. The van der Waals surface area contributed by atoms with Crippen molar-refractivity contribution in [1.29, 1.82) is 0 Å². The molecule has 2 amide bonds. The van der Waals surface area contributed by atoms with Crippen molar-refractivity contribution in [2.45, 2.75) is 18.9 Å². The molecular weight excluding hydrogens is 365 g/mol. The molecule has 124 valence electrons. The largest absolute Gasteiger partial charge is 0.352 e. The molecule has 1 N–H and O–H groups in total. The molecule has 0 radical (unpaired) electrons. The van der Waals surface area contributed by atoms with E-state index in [-0.39, 0.29) is 17.4 Å². The van der Waals surface area contributed by atoms with E-state index in [1.165, 1.54) is 12.1 Å². The number of rotatable bonds is 4. The van der Waals surface area contributed by atoms with E-state index in [4.69, 9.17) is 0 Å². The maximum Gasteiger partial charge on any atom is 0.256 e. The first-order valence-corrected chi connectivity index (χ1v) is 8.58. The lowest BCUT2D eigenvalue weighted by molar-refractivity contribution is -0.122. The Morgan fingerprint density at radius 1 is 1.22 bits per heavy atom. The topological polar surface area (TPSA) is 52.7 Å². The Morgan fingerprint density at radius 2 is 1.91 bits per heavy atom. The van der Waals surface area contributed by atoms with Gasteiger partial charge in [0.1, 0.15) is 5.82 Å². The molecule has 0 aromatic heterocycles. The van der Waals surface area contributed by atoms with E-state index >= 15 is 0 Å². The summed E-state index contributed by atoms with van der Waals surface area (Å²) in [6, 6.07) is 4.73. The van der Waals surface area contributed by atoms with E-state index in [2.05, 4.69) is 21.2 Å². The normalized spacial score (nSPS) is 18.8. The zero-order chi connectivity index (χ0) is 16.4. The Morgan fingerprint density at radius 3 is 2.57 bits per heavy atom. The van der Waals surface area contributed by atoms with Crippen LogP contribution in [0.2, 0.25) is 0 Å². The summed E-state index contributed by atoms with van der Waals surface area (Å²) in [6.07, 6.45) is 2.15. The summed E-state index contributed by atoms with van der Waals surface area (Å²) in [5, 5.41) is 2.96. The molecule has 1 aromatic carbocycles. The van der Waals surface area contributed by atoms with Crippen LogP contribution in [0.25, 0.3) is 0 Å². The number of halogens is 2. The molecule has 1 heterocycles. The first kappa shape index (κ1) is 16.4. The second-order valence-corrected chi connectivity index (χ2v) is 6.95. The lowest BCUT2D eigenvalue weighted by Crippen LogP contribution is -2.51. The van der Waals surface area contributed by atoms with Gasteiger partial charge in [-0.3, -0.25) is 14.5 Å². The number of nitrogens with zero attached hydrogens (tertiary/aromatic N) is 2. The molecule has 23 heavy (non-hydrogen) atoms. The van der Waals surface area contributed by atoms with Gasteiger partial charge in [0.05, 0.1) is 12.1 Å². The van der Waals surface area contributed by atoms with Crippen molar-refractivity contribution in [2.75, 3.05) is 32.7 Å². The van der Waals surface area contributed by atoms with Crippen molar-refractivity contribution in [3.63, 3.8) is 0 Å². The van der Waals surface area contributed by atoms with Gasteiger partial charge in [-0.25, -0.2) is 4.39 Å². The predicted octanol–water partition coefficient (Wildman–Crippen LogP) is 1.62. The van der Waals surface area contributed by atoms with Gasteiger partial charge in [0.2, 0.25) is 5.91 Å². The van der Waals surface area contributed by atoms with Gasteiger partial charge in [-0.15, -0.1) is 0 Å². The van der Waals surface area contributed by atoms with Crippen molar-refractivity contribution < 1.29 is 14.0 Å². The fourth-order valence-electron chi connectivity index (χ4n) is 2.64. The molecule has 0 spiro atoms. The van der Waals surface area contributed by atoms with E-state index in [0.29, 0.717) is 43.2 Å². The molecule has 1 aliphatic carbocycles. The highest BCUT2D eigenvalue weighted by molar-refractivity contribution is 9.10. The smallest absolute Gasteiger partial charge is 0.256 e. The van der Waals surface area contributed by atoms with Gasteiger partial charge in [0.15, 0.2) is 0 Å². The Kier molecular flexibility index (Phi) is 4.96. The number of hydrogen-bond donors (Lipinski definition) is 1. The molecule has 3 rings (SSSR count). The Balaban J connectivity index is 1.52. The van der Waals surface area contributed by atoms with Gasteiger partial charge in [0, 0.05) is 36.7 Å². The molecule has 1 aromatic rings. The lowest BCUT2D eigenvalue weighted by atomic mass is 10.1. The van der Waals surface area contributed by atoms with Crippen molar-refractivity contribution in [2.24, 2.45) is 0 Å². The summed E-state index contributed by atoms with van der Waals surface area (Å²) in [5.74, 6) is -0.763. The fourth-order valence-corrected chi connectivity index (χ4v) is 3.01. The van der Waals surface area contributed by atoms with E-state index in [1.807, 2.05) is 4.90 Å². The van der Waals surface area contributed by atoms with Gasteiger partial charge in [-0.2, -0.15) is 0 Å². The van der Waals surface area contributed by atoms with Crippen molar-refractivity contribution in [3.8, 4) is 0 Å². The van der Waals surface area contributed by atoms with Crippen LogP contribution in [0.3, 0.4) is 0 Å². The van der Waals surface area contributed by atoms with Gasteiger partial charge in [-0.05, 0) is 31.0 Å². The minimum Gasteiger partial charge on any atom is -0.352 e. The number of carbonyl (C=O) groups excluding carboxylic acids is 2. The second kappa shape index (κ2) is 6.97. The third kappa shape index (κ3) is 4.29. The van der Waals surface area contributed by atoms with Crippen molar-refractivity contribution in [1.82, 2.24) is 15.1 Å². The average Bonchev–Trinajstić information content (AvgIpc) is 3.33. The summed E-state index contributed by atoms with van der Waals surface area (Å²) < 4.78 is 14.5. The highest BCUT2D eigenvalue weighted by Crippen LogP contribution is 2.19. The summed E-state index contributed by atoms with van der Waals surface area (Å²) in [6.45, 7) is 2.62. The Labute approximate surface area is 142 Å². The highest BCUT2D eigenvalue weighted by Gasteiger charge is 2.27. The molecule has 5 nitrogen and oxygen atoms in total. The zero-order valence-electron chi connectivity index (χ0n) is 12.7. The van der Waals surface area contributed by atoms with Crippen LogP contribution in [-0.2, 0) is 4.79 Å². The van der Waals surface area contributed by atoms with Crippen LogP contribution in [0.5, 0.6) is 0 Å². The maximum atomic E-state index is 13.8. The summed E-state index contributed by atoms with van der Waals surface area (Å²) >= 11 is 3.26. The lowest BCUT2D eigenvalue weighted by Gasteiger charge is -2.34.